The zero-order chi connectivity index (χ0) is 13.8. The summed E-state index contributed by atoms with van der Waals surface area (Å²) in [7, 11) is 0. The van der Waals surface area contributed by atoms with E-state index in [1.54, 1.807) is 19.2 Å². The summed E-state index contributed by atoms with van der Waals surface area (Å²) in [5.41, 5.74) is 0.745. The summed E-state index contributed by atoms with van der Waals surface area (Å²) < 4.78 is 0. The molecule has 0 bridgehead atoms. The van der Waals surface area contributed by atoms with Gasteiger partial charge in [-0.3, -0.25) is 9.69 Å². The molecule has 2 rings (SSSR count). The van der Waals surface area contributed by atoms with Gasteiger partial charge in [-0.1, -0.05) is 6.92 Å². The van der Waals surface area contributed by atoms with Gasteiger partial charge in [0.2, 0.25) is 0 Å². The Bertz CT molecular complexity index is 439. The van der Waals surface area contributed by atoms with Crippen molar-refractivity contribution in [2.45, 2.75) is 33.2 Å². The second-order valence-electron chi connectivity index (χ2n) is 5.24. The number of pyridine rings is 1. The first-order chi connectivity index (χ1) is 9.11. The van der Waals surface area contributed by atoms with Crippen molar-refractivity contribution in [1.29, 1.82) is 0 Å². The van der Waals surface area contributed by atoms with Crippen LogP contribution >= 0.6 is 0 Å². The normalized spacial score (nSPS) is 18.4. The number of nitrogens with zero attached hydrogens (tertiary/aromatic N) is 3. The summed E-state index contributed by atoms with van der Waals surface area (Å²) in [6, 6.07) is 4.33. The van der Waals surface area contributed by atoms with Crippen LogP contribution in [0.5, 0.6) is 0 Å². The first-order valence-electron chi connectivity index (χ1n) is 7.07. The van der Waals surface area contributed by atoms with Crippen molar-refractivity contribution in [2.24, 2.45) is 0 Å². The van der Waals surface area contributed by atoms with Gasteiger partial charge in [-0.25, -0.2) is 4.98 Å². The molecule has 4 nitrogen and oxygen atoms in total. The Morgan fingerprint density at radius 1 is 1.37 bits per heavy atom. The number of aromatic nitrogens is 1. The Balaban J connectivity index is 2.01. The van der Waals surface area contributed by atoms with E-state index in [0.717, 1.165) is 37.6 Å². The molecule has 1 aromatic heterocycles. The van der Waals surface area contributed by atoms with Crippen LogP contribution < -0.4 is 4.90 Å². The van der Waals surface area contributed by atoms with Gasteiger partial charge < -0.3 is 4.90 Å². The van der Waals surface area contributed by atoms with E-state index in [0.29, 0.717) is 6.04 Å². The van der Waals surface area contributed by atoms with E-state index in [9.17, 15) is 4.79 Å². The van der Waals surface area contributed by atoms with Crippen molar-refractivity contribution in [1.82, 2.24) is 9.88 Å². The number of hydrogen-bond donors (Lipinski definition) is 0. The number of Topliss-reactive ketones (excluding diaryl/α,β-unsaturated/α-hetero) is 1. The largest absolute Gasteiger partial charge is 0.354 e. The summed E-state index contributed by atoms with van der Waals surface area (Å²) in [5.74, 6) is 1.03. The molecule has 0 aromatic carbocycles. The maximum Gasteiger partial charge on any atom is 0.159 e. The average molecular weight is 261 g/mol. The highest BCUT2D eigenvalue weighted by Crippen LogP contribution is 2.17. The van der Waals surface area contributed by atoms with Crippen LogP contribution in [-0.2, 0) is 0 Å². The lowest BCUT2D eigenvalue weighted by atomic mass is 10.1. The Morgan fingerprint density at radius 2 is 2.05 bits per heavy atom. The van der Waals surface area contributed by atoms with Crippen molar-refractivity contribution < 1.29 is 4.79 Å². The molecule has 4 heteroatoms. The highest BCUT2D eigenvalue weighted by atomic mass is 16.1. The Hall–Kier alpha value is -1.42. The molecular formula is C15H23N3O. The van der Waals surface area contributed by atoms with Crippen LogP contribution in [0.1, 0.15) is 37.6 Å². The number of carbonyl (C=O) groups excluding carboxylic acids is 1. The summed E-state index contributed by atoms with van der Waals surface area (Å²) >= 11 is 0. The fraction of sp³-hybridized carbons (Fsp3) is 0.600. The lowest BCUT2D eigenvalue weighted by molar-refractivity contribution is 0.101. The number of rotatable bonds is 4. The summed E-state index contributed by atoms with van der Waals surface area (Å²) in [4.78, 5) is 20.6. The zero-order valence-electron chi connectivity index (χ0n) is 12.1. The maximum atomic E-state index is 11.4. The van der Waals surface area contributed by atoms with Crippen LogP contribution in [0, 0.1) is 0 Å². The van der Waals surface area contributed by atoms with Crippen molar-refractivity contribution in [2.75, 3.05) is 31.1 Å². The number of hydrogen-bond acceptors (Lipinski definition) is 4. The Kier molecular flexibility index (Phi) is 4.53. The molecule has 19 heavy (non-hydrogen) atoms. The predicted molar refractivity (Wildman–Crippen MR) is 77.8 cm³/mol. The second-order valence-corrected chi connectivity index (χ2v) is 5.24. The molecule has 1 aliphatic heterocycles. The highest BCUT2D eigenvalue weighted by Gasteiger charge is 2.21. The molecule has 104 valence electrons. The topological polar surface area (TPSA) is 36.4 Å². The van der Waals surface area contributed by atoms with Gasteiger partial charge in [0.15, 0.2) is 5.78 Å². The van der Waals surface area contributed by atoms with E-state index in [-0.39, 0.29) is 5.78 Å². The summed E-state index contributed by atoms with van der Waals surface area (Å²) in [6.45, 7) is 10.2. The standard InChI is InChI=1S/C15H23N3O/c1-4-12(2)17-7-9-18(10-8-17)15-11-14(13(3)19)5-6-16-15/h5-6,11-12H,4,7-10H2,1-3H3. The van der Waals surface area contributed by atoms with E-state index in [1.807, 2.05) is 6.07 Å². The monoisotopic (exact) mass is 261 g/mol. The fourth-order valence-electron chi connectivity index (χ4n) is 2.46. The first kappa shape index (κ1) is 14.0. The molecule has 1 atom stereocenters. The third kappa shape index (κ3) is 3.32. The molecular weight excluding hydrogens is 238 g/mol. The molecule has 0 spiro atoms. The van der Waals surface area contributed by atoms with E-state index in [2.05, 4.69) is 28.6 Å². The molecule has 0 saturated carbocycles. The zero-order valence-corrected chi connectivity index (χ0v) is 12.1. The molecule has 2 heterocycles. The van der Waals surface area contributed by atoms with Gasteiger partial charge in [0, 0.05) is 44.0 Å². The lowest BCUT2D eigenvalue weighted by Crippen LogP contribution is -2.49. The minimum atomic E-state index is 0.0990. The first-order valence-corrected chi connectivity index (χ1v) is 7.07. The third-order valence-corrected chi connectivity index (χ3v) is 4.00. The number of ketones is 1. The van der Waals surface area contributed by atoms with Crippen LogP contribution in [0.4, 0.5) is 5.82 Å². The SMILES string of the molecule is CCC(C)N1CCN(c2cc(C(C)=O)ccn2)CC1. The van der Waals surface area contributed by atoms with Crippen molar-refractivity contribution in [3.05, 3.63) is 23.9 Å². The van der Waals surface area contributed by atoms with Crippen LogP contribution in [0.2, 0.25) is 0 Å². The minimum absolute atomic E-state index is 0.0990. The molecule has 1 aromatic rings. The molecule has 0 radical (unpaired) electrons. The van der Waals surface area contributed by atoms with Gasteiger partial charge in [-0.05, 0) is 32.4 Å². The van der Waals surface area contributed by atoms with Gasteiger partial charge in [-0.2, -0.15) is 0 Å². The molecule has 1 unspecified atom stereocenters. The highest BCUT2D eigenvalue weighted by molar-refractivity contribution is 5.94. The van der Waals surface area contributed by atoms with Crippen LogP contribution in [-0.4, -0.2) is 47.9 Å². The molecule has 1 fully saturated rings. The Morgan fingerprint density at radius 3 is 2.63 bits per heavy atom. The summed E-state index contributed by atoms with van der Waals surface area (Å²) in [5, 5.41) is 0. The van der Waals surface area contributed by atoms with Gasteiger partial charge in [0.25, 0.3) is 0 Å². The Labute approximate surface area is 115 Å². The van der Waals surface area contributed by atoms with E-state index >= 15 is 0 Å². The van der Waals surface area contributed by atoms with Crippen molar-refractivity contribution in [3.63, 3.8) is 0 Å². The predicted octanol–water partition coefficient (Wildman–Crippen LogP) is 2.20. The molecule has 1 saturated heterocycles. The quantitative estimate of drug-likeness (QED) is 0.779. The number of anilines is 1. The van der Waals surface area contributed by atoms with Crippen LogP contribution in [0.3, 0.4) is 0 Å². The number of piperazine rings is 1. The van der Waals surface area contributed by atoms with Crippen LogP contribution in [0.15, 0.2) is 18.3 Å². The molecule has 0 aliphatic carbocycles. The van der Waals surface area contributed by atoms with Crippen LogP contribution in [0.25, 0.3) is 0 Å². The second kappa shape index (κ2) is 6.15. The van der Waals surface area contributed by atoms with Gasteiger partial charge in [0.05, 0.1) is 0 Å². The smallest absolute Gasteiger partial charge is 0.159 e. The molecule has 0 amide bonds. The molecule has 0 N–H and O–H groups in total. The molecule has 1 aliphatic rings. The maximum absolute atomic E-state index is 11.4. The summed E-state index contributed by atoms with van der Waals surface area (Å²) in [6.07, 6.45) is 2.92. The van der Waals surface area contributed by atoms with E-state index < -0.39 is 0 Å². The lowest BCUT2D eigenvalue weighted by Gasteiger charge is -2.38. The van der Waals surface area contributed by atoms with Gasteiger partial charge in [-0.15, -0.1) is 0 Å². The van der Waals surface area contributed by atoms with Crippen molar-refractivity contribution in [3.8, 4) is 0 Å². The van der Waals surface area contributed by atoms with Gasteiger partial charge >= 0.3 is 0 Å². The van der Waals surface area contributed by atoms with E-state index in [4.69, 9.17) is 0 Å². The van der Waals surface area contributed by atoms with E-state index in [1.165, 1.54) is 6.42 Å². The minimum Gasteiger partial charge on any atom is -0.354 e. The fourth-order valence-corrected chi connectivity index (χ4v) is 2.46. The van der Waals surface area contributed by atoms with Gasteiger partial charge in [0.1, 0.15) is 5.82 Å². The number of carbonyl (C=O) groups is 1. The van der Waals surface area contributed by atoms with Crippen molar-refractivity contribution >= 4 is 11.6 Å². The average Bonchev–Trinajstić information content (AvgIpc) is 2.46. The third-order valence-electron chi connectivity index (χ3n) is 4.00.